The second-order valence-corrected chi connectivity index (χ2v) is 10.5. The fourth-order valence-corrected chi connectivity index (χ4v) is 6.12. The number of hydrogen-bond donors (Lipinski definition) is 2. The zero-order valence-electron chi connectivity index (χ0n) is 20.2. The molecule has 13 heteroatoms. The minimum Gasteiger partial charge on any atom is -0.313 e. The van der Waals surface area contributed by atoms with Gasteiger partial charge in [0.1, 0.15) is 6.54 Å². The van der Waals surface area contributed by atoms with Gasteiger partial charge in [-0.25, -0.2) is 9.78 Å². The van der Waals surface area contributed by atoms with Crippen LogP contribution in [0.2, 0.25) is 0 Å². The molecule has 0 bridgehead atoms. The molecule has 2 N–H and O–H groups in total. The predicted octanol–water partition coefficient (Wildman–Crippen LogP) is 3.51. The molecule has 39 heavy (non-hydrogen) atoms. The third-order valence-corrected chi connectivity index (χ3v) is 8.19. The summed E-state index contributed by atoms with van der Waals surface area (Å²) >= 11 is 0. The van der Waals surface area contributed by atoms with Crippen LogP contribution in [0.25, 0.3) is 16.9 Å². The summed E-state index contributed by atoms with van der Waals surface area (Å²) in [5, 5.41) is 4.18. The Morgan fingerprint density at radius 3 is 2.59 bits per heavy atom. The molecule has 3 aliphatic rings. The molecule has 2 saturated carbocycles. The fourth-order valence-electron chi connectivity index (χ4n) is 6.12. The van der Waals surface area contributed by atoms with Crippen molar-refractivity contribution < 1.29 is 22.4 Å². The molecule has 2 aliphatic carbocycles. The molecule has 0 saturated heterocycles. The van der Waals surface area contributed by atoms with Crippen LogP contribution in [-0.2, 0) is 10.2 Å². The van der Waals surface area contributed by atoms with E-state index < -0.39 is 41.2 Å². The molecule has 0 unspecified atom stereocenters. The van der Waals surface area contributed by atoms with Crippen LogP contribution in [0.4, 0.5) is 23.2 Å². The molecule has 1 spiro atoms. The van der Waals surface area contributed by atoms with Crippen molar-refractivity contribution >= 4 is 17.2 Å². The van der Waals surface area contributed by atoms with Crippen LogP contribution in [0.5, 0.6) is 0 Å². The van der Waals surface area contributed by atoms with E-state index in [9.17, 15) is 31.9 Å². The number of alkyl halides is 3. The molecule has 2 atom stereocenters. The van der Waals surface area contributed by atoms with E-state index in [0.29, 0.717) is 36.1 Å². The molecule has 1 aliphatic heterocycles. The lowest BCUT2D eigenvalue weighted by molar-refractivity contribution is -0.136. The van der Waals surface area contributed by atoms with Crippen molar-refractivity contribution in [3.8, 4) is 11.3 Å². The van der Waals surface area contributed by atoms with Crippen LogP contribution in [0.1, 0.15) is 54.2 Å². The third kappa shape index (κ3) is 3.55. The Hall–Kier alpha value is -4.29. The molecule has 4 heterocycles. The lowest BCUT2D eigenvalue weighted by Gasteiger charge is -2.37. The maximum absolute atomic E-state index is 14.5. The van der Waals surface area contributed by atoms with Gasteiger partial charge in [0, 0.05) is 17.4 Å². The van der Waals surface area contributed by atoms with Crippen molar-refractivity contribution in [3.63, 3.8) is 0 Å². The summed E-state index contributed by atoms with van der Waals surface area (Å²) in [4.78, 5) is 46.5. The Morgan fingerprint density at radius 1 is 1.10 bits per heavy atom. The van der Waals surface area contributed by atoms with Gasteiger partial charge in [-0.3, -0.25) is 14.6 Å². The number of hydrogen-bond acceptors (Lipinski definition) is 5. The Kier molecular flexibility index (Phi) is 4.80. The molecule has 1 amide bonds. The highest BCUT2D eigenvalue weighted by Crippen LogP contribution is 2.59. The monoisotopic (exact) mass is 540 g/mol. The molecular formula is C26H20F4N6O3. The van der Waals surface area contributed by atoms with Gasteiger partial charge in [0.15, 0.2) is 5.65 Å². The summed E-state index contributed by atoms with van der Waals surface area (Å²) in [6.45, 7) is -1.34. The van der Waals surface area contributed by atoms with Crippen LogP contribution in [0.3, 0.4) is 0 Å². The molecule has 0 radical (unpaired) electrons. The van der Waals surface area contributed by atoms with E-state index in [1.54, 1.807) is 18.2 Å². The van der Waals surface area contributed by atoms with Crippen molar-refractivity contribution in [2.75, 3.05) is 11.4 Å². The molecule has 2 fully saturated rings. The quantitative estimate of drug-likeness (QED) is 0.385. The number of benzene rings is 1. The molecule has 4 aromatic rings. The van der Waals surface area contributed by atoms with E-state index in [1.165, 1.54) is 6.20 Å². The lowest BCUT2D eigenvalue weighted by Crippen LogP contribution is -2.47. The van der Waals surface area contributed by atoms with Gasteiger partial charge in [-0.05, 0) is 54.4 Å². The largest absolute Gasteiger partial charge is 0.406 e. The summed E-state index contributed by atoms with van der Waals surface area (Å²) in [6.07, 6.45) is 0.129. The first-order chi connectivity index (χ1) is 18.6. The smallest absolute Gasteiger partial charge is 0.313 e. The van der Waals surface area contributed by atoms with Crippen LogP contribution in [0, 0.1) is 5.95 Å². The van der Waals surface area contributed by atoms with Gasteiger partial charge in [0.2, 0.25) is 11.9 Å². The van der Waals surface area contributed by atoms with Gasteiger partial charge < -0.3 is 9.88 Å². The Bertz CT molecular complexity index is 1800. The first-order valence-electron chi connectivity index (χ1n) is 12.5. The average molecular weight is 540 g/mol. The number of imidazole rings is 1. The van der Waals surface area contributed by atoms with E-state index in [0.717, 1.165) is 27.6 Å². The second-order valence-electron chi connectivity index (χ2n) is 10.5. The minimum atomic E-state index is -4.54. The van der Waals surface area contributed by atoms with Crippen LogP contribution >= 0.6 is 0 Å². The van der Waals surface area contributed by atoms with Crippen LogP contribution in [0.15, 0.2) is 46.2 Å². The summed E-state index contributed by atoms with van der Waals surface area (Å²) in [5.41, 5.74) is 0.477. The number of H-pyrrole nitrogens is 2. The number of carbonyl (C=O) groups excluding carboxylic acids is 1. The summed E-state index contributed by atoms with van der Waals surface area (Å²) in [5.74, 6) is -1.54. The van der Waals surface area contributed by atoms with Crippen LogP contribution in [-0.4, -0.2) is 43.2 Å². The molecule has 7 rings (SSSR count). The molecule has 1 aromatic carbocycles. The zero-order valence-corrected chi connectivity index (χ0v) is 20.2. The van der Waals surface area contributed by atoms with E-state index in [-0.39, 0.29) is 28.7 Å². The maximum Gasteiger partial charge on any atom is 0.406 e. The topological polar surface area (TPSA) is 116 Å². The van der Waals surface area contributed by atoms with Crippen LogP contribution < -0.4 is 16.1 Å². The predicted molar refractivity (Wildman–Crippen MR) is 130 cm³/mol. The Labute approximate surface area is 216 Å². The van der Waals surface area contributed by atoms with Crippen molar-refractivity contribution in [3.05, 3.63) is 80.1 Å². The second kappa shape index (κ2) is 7.87. The molecule has 9 nitrogen and oxygen atoms in total. The number of fused-ring (bicyclic) bond motifs is 3. The number of anilines is 1. The third-order valence-electron chi connectivity index (χ3n) is 8.19. The maximum atomic E-state index is 14.5. The van der Waals surface area contributed by atoms with Gasteiger partial charge in [0.05, 0.1) is 22.9 Å². The van der Waals surface area contributed by atoms with E-state index in [2.05, 4.69) is 20.1 Å². The molecule has 3 aromatic heterocycles. The SMILES string of the molecule is O=C1N(CC(F)(F)F)c2cc([C@H]3C[C@@H]3c3cc(-c4c[nH]c(=O)[nH]c4=O)nn4c(F)cnc34)ccc2C12CCC2. The lowest BCUT2D eigenvalue weighted by atomic mass is 9.65. The summed E-state index contributed by atoms with van der Waals surface area (Å²) < 4.78 is 55.7. The summed E-state index contributed by atoms with van der Waals surface area (Å²) in [6, 6.07) is 6.92. The highest BCUT2D eigenvalue weighted by molar-refractivity contribution is 6.09. The molecular weight excluding hydrogens is 520 g/mol. The fraction of sp³-hybridized carbons (Fsp3) is 0.346. The van der Waals surface area contributed by atoms with Gasteiger partial charge in [-0.15, -0.1) is 0 Å². The van der Waals surface area contributed by atoms with Crippen molar-refractivity contribution in [1.82, 2.24) is 24.6 Å². The Morgan fingerprint density at radius 2 is 1.90 bits per heavy atom. The summed E-state index contributed by atoms with van der Waals surface area (Å²) in [7, 11) is 0. The normalized spacial score (nSPS) is 21.4. The van der Waals surface area contributed by atoms with E-state index in [4.69, 9.17) is 0 Å². The number of halogens is 4. The first-order valence-corrected chi connectivity index (χ1v) is 12.5. The van der Waals surface area contributed by atoms with Gasteiger partial charge in [0.25, 0.3) is 5.56 Å². The van der Waals surface area contributed by atoms with E-state index in [1.807, 2.05) is 6.07 Å². The number of amides is 1. The van der Waals surface area contributed by atoms with Crippen molar-refractivity contribution in [2.45, 2.75) is 49.1 Å². The van der Waals surface area contributed by atoms with Gasteiger partial charge in [-0.2, -0.15) is 27.2 Å². The number of aromatic amines is 2. The van der Waals surface area contributed by atoms with Crippen molar-refractivity contribution in [1.29, 1.82) is 0 Å². The Balaban J connectivity index is 1.28. The highest BCUT2D eigenvalue weighted by Gasteiger charge is 2.56. The number of aromatic nitrogens is 5. The van der Waals surface area contributed by atoms with Gasteiger partial charge in [-0.1, -0.05) is 18.6 Å². The average Bonchev–Trinajstić information content (AvgIpc) is 3.50. The first kappa shape index (κ1) is 23.8. The zero-order chi connectivity index (χ0) is 27.3. The standard InChI is InChI=1S/C26H20F4N6O3/c27-20-10-31-21-15(8-18(34-36(20)21)16-9-32-24(39)33-22(16)37)14-7-13(14)12-2-3-17-19(6-12)35(11-26(28,29)30)23(38)25(17)4-1-5-25/h2-3,6,8-10,13-14H,1,4-5,7,11H2,(H2,32,33,37,39)/t13-,14+/m1/s1. The number of nitrogens with one attached hydrogen (secondary N) is 2. The number of nitrogens with zero attached hydrogens (tertiary/aromatic N) is 4. The number of rotatable bonds is 4. The highest BCUT2D eigenvalue weighted by atomic mass is 19.4. The number of carbonyl (C=O) groups is 1. The van der Waals surface area contributed by atoms with Crippen molar-refractivity contribution in [2.24, 2.45) is 0 Å². The molecule has 200 valence electrons. The minimum absolute atomic E-state index is 0.0349. The van der Waals surface area contributed by atoms with Gasteiger partial charge >= 0.3 is 11.9 Å². The van der Waals surface area contributed by atoms with E-state index >= 15 is 0 Å².